The molecule has 2 heterocycles. The number of Topliss-reactive ketones (excluding diaryl/α,β-unsaturated/α-hetero) is 1. The van der Waals surface area contributed by atoms with Crippen LogP contribution in [0.3, 0.4) is 0 Å². The number of nitrogens with two attached hydrogens (primary N) is 1. The summed E-state index contributed by atoms with van der Waals surface area (Å²) in [6.07, 6.45) is 0. The highest BCUT2D eigenvalue weighted by Gasteiger charge is 2.14. The summed E-state index contributed by atoms with van der Waals surface area (Å²) >= 11 is 0. The van der Waals surface area contributed by atoms with E-state index in [1.165, 1.54) is 13.0 Å². The van der Waals surface area contributed by atoms with Crippen molar-refractivity contribution < 1.29 is 14.3 Å². The number of carbonyl (C=O) groups is 2. The molecule has 1 aromatic carbocycles. The summed E-state index contributed by atoms with van der Waals surface area (Å²) in [5, 5.41) is 2.95. The SMILES string of the molecule is CC(=O)[C@H](C)Nc1cc(C(N)=O)nc(-c2ccc(Oc3cccc(C)n3)cc2)n1. The molecule has 29 heavy (non-hydrogen) atoms. The second kappa shape index (κ2) is 8.47. The molecule has 0 fully saturated rings. The Morgan fingerprint density at radius 2 is 1.79 bits per heavy atom. The molecular formula is C21H21N5O3. The lowest BCUT2D eigenvalue weighted by atomic mass is 10.2. The second-order valence-electron chi connectivity index (χ2n) is 6.55. The highest BCUT2D eigenvalue weighted by atomic mass is 16.5. The van der Waals surface area contributed by atoms with Crippen molar-refractivity contribution in [2.45, 2.75) is 26.8 Å². The van der Waals surface area contributed by atoms with Crippen LogP contribution in [0.25, 0.3) is 11.4 Å². The number of amides is 1. The molecule has 3 aromatic rings. The molecule has 8 heteroatoms. The van der Waals surface area contributed by atoms with Crippen molar-refractivity contribution in [2.24, 2.45) is 5.73 Å². The normalized spacial score (nSPS) is 11.6. The van der Waals surface area contributed by atoms with E-state index in [2.05, 4.69) is 20.3 Å². The summed E-state index contributed by atoms with van der Waals surface area (Å²) in [6, 6.07) is 13.5. The van der Waals surface area contributed by atoms with Crippen molar-refractivity contribution >= 4 is 17.5 Å². The van der Waals surface area contributed by atoms with E-state index >= 15 is 0 Å². The van der Waals surface area contributed by atoms with Gasteiger partial charge in [0.05, 0.1) is 6.04 Å². The molecule has 0 spiro atoms. The number of nitrogens with one attached hydrogen (secondary N) is 1. The first-order valence-electron chi connectivity index (χ1n) is 8.99. The van der Waals surface area contributed by atoms with E-state index in [1.54, 1.807) is 37.3 Å². The van der Waals surface area contributed by atoms with Gasteiger partial charge in [-0.1, -0.05) is 6.07 Å². The van der Waals surface area contributed by atoms with Gasteiger partial charge in [-0.25, -0.2) is 15.0 Å². The summed E-state index contributed by atoms with van der Waals surface area (Å²) in [5.74, 6) is 1.00. The molecule has 1 atom stereocenters. The first-order chi connectivity index (χ1) is 13.8. The molecule has 0 saturated carbocycles. The second-order valence-corrected chi connectivity index (χ2v) is 6.55. The monoisotopic (exact) mass is 391 g/mol. The van der Waals surface area contributed by atoms with Crippen molar-refractivity contribution in [3.8, 4) is 23.0 Å². The number of aryl methyl sites for hydroxylation is 1. The predicted octanol–water partition coefficient (Wildman–Crippen LogP) is 3.13. The molecule has 0 unspecified atom stereocenters. The molecule has 3 rings (SSSR count). The van der Waals surface area contributed by atoms with Crippen LogP contribution in [0.5, 0.6) is 11.6 Å². The third-order valence-electron chi connectivity index (χ3n) is 4.15. The van der Waals surface area contributed by atoms with Crippen LogP contribution in [0.2, 0.25) is 0 Å². The van der Waals surface area contributed by atoms with E-state index < -0.39 is 11.9 Å². The molecule has 8 nitrogen and oxygen atoms in total. The molecule has 1 amide bonds. The Bertz CT molecular complexity index is 1050. The molecule has 0 aliphatic rings. The number of primary amides is 1. The lowest BCUT2D eigenvalue weighted by Crippen LogP contribution is -2.25. The highest BCUT2D eigenvalue weighted by Crippen LogP contribution is 2.24. The molecule has 0 aliphatic heterocycles. The fourth-order valence-electron chi connectivity index (χ4n) is 2.47. The van der Waals surface area contributed by atoms with Crippen LogP contribution in [0.1, 0.15) is 30.0 Å². The van der Waals surface area contributed by atoms with Gasteiger partial charge in [0.1, 0.15) is 17.3 Å². The predicted molar refractivity (Wildman–Crippen MR) is 109 cm³/mol. The third-order valence-corrected chi connectivity index (χ3v) is 4.15. The van der Waals surface area contributed by atoms with E-state index in [4.69, 9.17) is 10.5 Å². The molecule has 0 bridgehead atoms. The van der Waals surface area contributed by atoms with Gasteiger partial charge < -0.3 is 15.8 Å². The Labute approximate surface area is 168 Å². The minimum absolute atomic E-state index is 0.0533. The van der Waals surface area contributed by atoms with Crippen LogP contribution in [-0.4, -0.2) is 32.7 Å². The Morgan fingerprint density at radius 1 is 1.07 bits per heavy atom. The topological polar surface area (TPSA) is 120 Å². The van der Waals surface area contributed by atoms with E-state index in [1.807, 2.05) is 19.1 Å². The van der Waals surface area contributed by atoms with Crippen LogP contribution in [0, 0.1) is 6.92 Å². The number of anilines is 1. The number of ether oxygens (including phenoxy) is 1. The number of hydrogen-bond donors (Lipinski definition) is 2. The average Bonchev–Trinajstić information content (AvgIpc) is 2.68. The number of carbonyl (C=O) groups excluding carboxylic acids is 2. The number of ketones is 1. The zero-order valence-corrected chi connectivity index (χ0v) is 16.3. The lowest BCUT2D eigenvalue weighted by Gasteiger charge is -2.13. The van der Waals surface area contributed by atoms with Crippen LogP contribution < -0.4 is 15.8 Å². The lowest BCUT2D eigenvalue weighted by molar-refractivity contribution is -0.117. The Balaban J connectivity index is 1.87. The van der Waals surface area contributed by atoms with E-state index in [-0.39, 0.29) is 11.5 Å². The van der Waals surface area contributed by atoms with Gasteiger partial charge in [0.15, 0.2) is 11.6 Å². The minimum Gasteiger partial charge on any atom is -0.439 e. The first-order valence-corrected chi connectivity index (χ1v) is 8.99. The zero-order chi connectivity index (χ0) is 21.0. The Morgan fingerprint density at radius 3 is 2.41 bits per heavy atom. The molecular weight excluding hydrogens is 370 g/mol. The summed E-state index contributed by atoms with van der Waals surface area (Å²) in [6.45, 7) is 5.06. The van der Waals surface area contributed by atoms with Gasteiger partial charge in [0.2, 0.25) is 5.88 Å². The maximum atomic E-state index is 11.7. The van der Waals surface area contributed by atoms with Crippen LogP contribution in [0.4, 0.5) is 5.82 Å². The van der Waals surface area contributed by atoms with Gasteiger partial charge in [-0.2, -0.15) is 0 Å². The minimum atomic E-state index is -0.683. The van der Waals surface area contributed by atoms with E-state index in [0.29, 0.717) is 28.8 Å². The quantitative estimate of drug-likeness (QED) is 0.635. The zero-order valence-electron chi connectivity index (χ0n) is 16.3. The molecule has 3 N–H and O–H groups in total. The number of aromatic nitrogens is 3. The fraction of sp³-hybridized carbons (Fsp3) is 0.190. The van der Waals surface area contributed by atoms with E-state index in [0.717, 1.165) is 5.69 Å². The van der Waals surface area contributed by atoms with Crippen molar-refractivity contribution in [1.29, 1.82) is 0 Å². The Kier molecular flexibility index (Phi) is 5.82. The van der Waals surface area contributed by atoms with Crippen LogP contribution >= 0.6 is 0 Å². The van der Waals surface area contributed by atoms with Crippen molar-refractivity contribution in [3.63, 3.8) is 0 Å². The maximum absolute atomic E-state index is 11.7. The number of benzene rings is 1. The fourth-order valence-corrected chi connectivity index (χ4v) is 2.47. The van der Waals surface area contributed by atoms with Crippen LogP contribution in [0.15, 0.2) is 48.5 Å². The summed E-state index contributed by atoms with van der Waals surface area (Å²) in [4.78, 5) is 36.1. The summed E-state index contributed by atoms with van der Waals surface area (Å²) in [7, 11) is 0. The van der Waals surface area contributed by atoms with Gasteiger partial charge in [0, 0.05) is 23.4 Å². The standard InChI is InChI=1S/C21H21N5O3/c1-12-5-4-6-19(23-12)29-16-9-7-15(8-10-16)21-25-17(20(22)28)11-18(26-21)24-13(2)14(3)27/h4-11,13H,1-3H3,(H2,22,28)(H,24,25,26)/t13-/m0/s1. The van der Waals surface area contributed by atoms with Gasteiger partial charge in [-0.05, 0) is 51.1 Å². The van der Waals surface area contributed by atoms with Gasteiger partial charge >= 0.3 is 0 Å². The maximum Gasteiger partial charge on any atom is 0.267 e. The van der Waals surface area contributed by atoms with Crippen LogP contribution in [-0.2, 0) is 4.79 Å². The largest absolute Gasteiger partial charge is 0.439 e. The summed E-state index contributed by atoms with van der Waals surface area (Å²) in [5.41, 5.74) is 6.97. The number of nitrogens with zero attached hydrogens (tertiary/aromatic N) is 3. The number of hydrogen-bond acceptors (Lipinski definition) is 7. The van der Waals surface area contributed by atoms with Gasteiger partial charge in [-0.15, -0.1) is 0 Å². The molecule has 0 radical (unpaired) electrons. The molecule has 0 aliphatic carbocycles. The molecule has 2 aromatic heterocycles. The number of pyridine rings is 1. The van der Waals surface area contributed by atoms with Gasteiger partial charge in [-0.3, -0.25) is 9.59 Å². The van der Waals surface area contributed by atoms with E-state index in [9.17, 15) is 9.59 Å². The summed E-state index contributed by atoms with van der Waals surface area (Å²) < 4.78 is 5.74. The molecule has 0 saturated heterocycles. The molecule has 148 valence electrons. The third kappa shape index (κ3) is 5.13. The highest BCUT2D eigenvalue weighted by molar-refractivity contribution is 5.92. The van der Waals surface area contributed by atoms with Crippen molar-refractivity contribution in [1.82, 2.24) is 15.0 Å². The number of rotatable bonds is 7. The Hall–Kier alpha value is -3.81. The van der Waals surface area contributed by atoms with Crippen molar-refractivity contribution in [3.05, 3.63) is 59.9 Å². The average molecular weight is 391 g/mol. The smallest absolute Gasteiger partial charge is 0.267 e. The van der Waals surface area contributed by atoms with Gasteiger partial charge in [0.25, 0.3) is 5.91 Å². The first kappa shape index (κ1) is 19.9. The van der Waals surface area contributed by atoms with Crippen molar-refractivity contribution in [2.75, 3.05) is 5.32 Å².